The minimum Gasteiger partial charge on any atom is -0.493 e. The number of benzene rings is 1. The van der Waals surface area contributed by atoms with Gasteiger partial charge in [0.15, 0.2) is 11.5 Å². The van der Waals surface area contributed by atoms with E-state index in [4.69, 9.17) is 9.47 Å². The second-order valence-electron chi connectivity index (χ2n) is 6.42. The van der Waals surface area contributed by atoms with Crippen LogP contribution < -0.4 is 20.1 Å². The number of carbonyl (C=O) groups is 1. The number of carbonyl (C=O) groups excluding carboxylic acids is 1. The Morgan fingerprint density at radius 1 is 1.38 bits per heavy atom. The van der Waals surface area contributed by atoms with Crippen molar-refractivity contribution >= 4 is 6.03 Å². The van der Waals surface area contributed by atoms with Gasteiger partial charge in [0.1, 0.15) is 6.61 Å². The monoisotopic (exact) mass is 330 g/mol. The van der Waals surface area contributed by atoms with Gasteiger partial charge < -0.3 is 20.1 Å². The van der Waals surface area contributed by atoms with Crippen LogP contribution in [0.5, 0.6) is 11.5 Å². The molecular formula is C19H26N2O3. The van der Waals surface area contributed by atoms with Crippen molar-refractivity contribution in [2.45, 2.75) is 44.6 Å². The van der Waals surface area contributed by atoms with Crippen LogP contribution in [0.1, 0.15) is 37.7 Å². The lowest BCUT2D eigenvalue weighted by Gasteiger charge is -2.27. The molecule has 1 aliphatic carbocycles. The topological polar surface area (TPSA) is 59.6 Å². The first kappa shape index (κ1) is 16.7. The van der Waals surface area contributed by atoms with Crippen molar-refractivity contribution in [2.75, 3.05) is 20.3 Å². The molecule has 5 nitrogen and oxygen atoms in total. The predicted molar refractivity (Wildman–Crippen MR) is 93.7 cm³/mol. The summed E-state index contributed by atoms with van der Waals surface area (Å²) in [6.07, 6.45) is 8.97. The largest absolute Gasteiger partial charge is 0.493 e. The van der Waals surface area contributed by atoms with Crippen LogP contribution >= 0.6 is 0 Å². The standard InChI is InChI=1S/C19H26N2O3/c1-23-17-9-5-8-15-12-16(13-24-18(15)17)21-19(22)20-11-10-14-6-3-2-4-7-14/h5-6,8-9,16H,2-4,7,10-13H2,1H3,(H2,20,21,22). The van der Waals surface area contributed by atoms with Gasteiger partial charge in [-0.3, -0.25) is 0 Å². The molecule has 0 spiro atoms. The summed E-state index contributed by atoms with van der Waals surface area (Å²) in [4.78, 5) is 12.1. The highest BCUT2D eigenvalue weighted by atomic mass is 16.5. The molecule has 0 saturated carbocycles. The number of hydrogen-bond acceptors (Lipinski definition) is 3. The van der Waals surface area contributed by atoms with E-state index in [9.17, 15) is 4.79 Å². The van der Waals surface area contributed by atoms with Crippen LogP contribution in [-0.4, -0.2) is 32.3 Å². The van der Waals surface area contributed by atoms with Gasteiger partial charge in [-0.15, -0.1) is 0 Å². The molecule has 1 aliphatic heterocycles. The Morgan fingerprint density at radius 3 is 3.08 bits per heavy atom. The summed E-state index contributed by atoms with van der Waals surface area (Å²) >= 11 is 0. The fourth-order valence-corrected chi connectivity index (χ4v) is 3.35. The summed E-state index contributed by atoms with van der Waals surface area (Å²) in [5.74, 6) is 1.54. The number of amides is 2. The highest BCUT2D eigenvalue weighted by molar-refractivity contribution is 5.74. The van der Waals surface area contributed by atoms with Crippen LogP contribution in [0.25, 0.3) is 0 Å². The van der Waals surface area contributed by atoms with E-state index in [2.05, 4.69) is 16.7 Å². The van der Waals surface area contributed by atoms with E-state index < -0.39 is 0 Å². The first-order valence-electron chi connectivity index (χ1n) is 8.77. The van der Waals surface area contributed by atoms with Crippen molar-refractivity contribution in [2.24, 2.45) is 0 Å². The van der Waals surface area contributed by atoms with Gasteiger partial charge in [-0.1, -0.05) is 23.8 Å². The smallest absolute Gasteiger partial charge is 0.315 e. The van der Waals surface area contributed by atoms with Gasteiger partial charge in [0.2, 0.25) is 0 Å². The summed E-state index contributed by atoms with van der Waals surface area (Å²) in [5.41, 5.74) is 2.54. The number of urea groups is 1. The molecular weight excluding hydrogens is 304 g/mol. The fraction of sp³-hybridized carbons (Fsp3) is 0.526. The van der Waals surface area contributed by atoms with E-state index in [1.165, 1.54) is 31.3 Å². The van der Waals surface area contributed by atoms with Gasteiger partial charge >= 0.3 is 6.03 Å². The number of methoxy groups -OCH3 is 1. The van der Waals surface area contributed by atoms with Gasteiger partial charge in [-0.05, 0) is 44.6 Å². The van der Waals surface area contributed by atoms with Gasteiger partial charge in [0, 0.05) is 12.1 Å². The number of ether oxygens (including phenoxy) is 2. The molecule has 1 aromatic rings. The number of fused-ring (bicyclic) bond motifs is 1. The van der Waals surface area contributed by atoms with Crippen LogP contribution in [0.2, 0.25) is 0 Å². The van der Waals surface area contributed by atoms with E-state index >= 15 is 0 Å². The average Bonchev–Trinajstić information content (AvgIpc) is 2.62. The number of para-hydroxylation sites is 1. The Bertz CT molecular complexity index is 613. The first-order valence-corrected chi connectivity index (χ1v) is 8.77. The average molecular weight is 330 g/mol. The van der Waals surface area contributed by atoms with Crippen molar-refractivity contribution in [1.82, 2.24) is 10.6 Å². The molecule has 24 heavy (non-hydrogen) atoms. The highest BCUT2D eigenvalue weighted by Crippen LogP contribution is 2.34. The summed E-state index contributed by atoms with van der Waals surface area (Å²) in [5, 5.41) is 5.95. The Morgan fingerprint density at radius 2 is 2.29 bits per heavy atom. The third-order valence-electron chi connectivity index (χ3n) is 4.63. The van der Waals surface area contributed by atoms with Crippen molar-refractivity contribution in [3.63, 3.8) is 0 Å². The predicted octanol–water partition coefficient (Wildman–Crippen LogP) is 3.19. The molecule has 2 amide bonds. The van der Waals surface area contributed by atoms with Gasteiger partial charge in [0.05, 0.1) is 13.2 Å². The zero-order chi connectivity index (χ0) is 16.8. The second kappa shape index (κ2) is 8.08. The molecule has 0 aromatic heterocycles. The summed E-state index contributed by atoms with van der Waals surface area (Å²) in [6.45, 7) is 1.15. The molecule has 1 unspecified atom stereocenters. The molecule has 3 rings (SSSR count). The molecule has 1 atom stereocenters. The van der Waals surface area contributed by atoms with E-state index in [1.54, 1.807) is 7.11 Å². The van der Waals surface area contributed by atoms with E-state index in [0.717, 1.165) is 29.9 Å². The van der Waals surface area contributed by atoms with Crippen LogP contribution in [0.4, 0.5) is 4.79 Å². The van der Waals surface area contributed by atoms with Gasteiger partial charge in [-0.25, -0.2) is 4.79 Å². The number of rotatable bonds is 5. The minimum absolute atomic E-state index is 0.0153. The Balaban J connectivity index is 1.44. The maximum absolute atomic E-state index is 12.1. The fourth-order valence-electron chi connectivity index (χ4n) is 3.35. The summed E-state index contributed by atoms with van der Waals surface area (Å²) in [6, 6.07) is 5.71. The molecule has 0 bridgehead atoms. The van der Waals surface area contributed by atoms with Crippen molar-refractivity contribution in [1.29, 1.82) is 0 Å². The van der Waals surface area contributed by atoms with Gasteiger partial charge in [0.25, 0.3) is 0 Å². The molecule has 0 saturated heterocycles. The third kappa shape index (κ3) is 4.22. The van der Waals surface area contributed by atoms with Crippen LogP contribution in [0, 0.1) is 0 Å². The lowest BCUT2D eigenvalue weighted by molar-refractivity contribution is 0.210. The Hall–Kier alpha value is -2.17. The molecule has 2 N–H and O–H groups in total. The lowest BCUT2D eigenvalue weighted by atomic mass is 9.97. The zero-order valence-electron chi connectivity index (χ0n) is 14.3. The number of allylic oxidation sites excluding steroid dienone is 1. The van der Waals surface area contributed by atoms with Crippen LogP contribution in [0.15, 0.2) is 29.8 Å². The van der Waals surface area contributed by atoms with E-state index in [-0.39, 0.29) is 12.1 Å². The van der Waals surface area contributed by atoms with Gasteiger partial charge in [-0.2, -0.15) is 0 Å². The van der Waals surface area contributed by atoms with E-state index in [1.807, 2.05) is 18.2 Å². The molecule has 5 heteroatoms. The molecule has 130 valence electrons. The Kier molecular flexibility index (Phi) is 5.62. The number of nitrogens with one attached hydrogen (secondary N) is 2. The first-order chi connectivity index (χ1) is 11.8. The van der Waals surface area contributed by atoms with Crippen molar-refractivity contribution in [3.8, 4) is 11.5 Å². The minimum atomic E-state index is -0.119. The van der Waals surface area contributed by atoms with Crippen LogP contribution in [0.3, 0.4) is 0 Å². The molecule has 0 fully saturated rings. The quantitative estimate of drug-likeness (QED) is 0.815. The second-order valence-corrected chi connectivity index (χ2v) is 6.42. The Labute approximate surface area is 143 Å². The third-order valence-corrected chi connectivity index (χ3v) is 4.63. The maximum atomic E-state index is 12.1. The normalized spacial score (nSPS) is 19.5. The maximum Gasteiger partial charge on any atom is 0.315 e. The zero-order valence-corrected chi connectivity index (χ0v) is 14.3. The molecule has 0 radical (unpaired) electrons. The van der Waals surface area contributed by atoms with Crippen molar-refractivity contribution in [3.05, 3.63) is 35.4 Å². The van der Waals surface area contributed by atoms with E-state index in [0.29, 0.717) is 13.2 Å². The molecule has 2 aliphatic rings. The molecule has 1 aromatic carbocycles. The number of hydrogen-bond donors (Lipinski definition) is 2. The lowest BCUT2D eigenvalue weighted by Crippen LogP contribution is -2.47. The molecule has 1 heterocycles. The highest BCUT2D eigenvalue weighted by Gasteiger charge is 2.23. The van der Waals surface area contributed by atoms with Crippen molar-refractivity contribution < 1.29 is 14.3 Å². The van der Waals surface area contributed by atoms with Crippen LogP contribution in [-0.2, 0) is 6.42 Å². The summed E-state index contributed by atoms with van der Waals surface area (Å²) < 4.78 is 11.1. The summed E-state index contributed by atoms with van der Waals surface area (Å²) in [7, 11) is 1.64. The SMILES string of the molecule is COc1cccc2c1OCC(NC(=O)NCCC1=CCCCC1)C2.